The molecule has 1 heterocycles. The van der Waals surface area contributed by atoms with E-state index in [4.69, 9.17) is 5.73 Å². The van der Waals surface area contributed by atoms with E-state index in [1.807, 2.05) is 31.0 Å². The van der Waals surface area contributed by atoms with Crippen molar-refractivity contribution in [3.8, 4) is 0 Å². The van der Waals surface area contributed by atoms with Gasteiger partial charge in [-0.15, -0.1) is 0 Å². The van der Waals surface area contributed by atoms with Gasteiger partial charge in [-0.2, -0.15) is 5.10 Å². The Hall–Kier alpha value is -1.81. The molecule has 18 heavy (non-hydrogen) atoms. The smallest absolute Gasteiger partial charge is 0.0539 e. The first kappa shape index (κ1) is 12.6. The average Bonchev–Trinajstić information content (AvgIpc) is 2.75. The average molecular weight is 244 g/mol. The maximum atomic E-state index is 5.84. The zero-order chi connectivity index (χ0) is 13.1. The van der Waals surface area contributed by atoms with Gasteiger partial charge in [-0.25, -0.2) is 0 Å². The fourth-order valence-corrected chi connectivity index (χ4v) is 1.95. The van der Waals surface area contributed by atoms with E-state index < -0.39 is 0 Å². The highest BCUT2D eigenvalue weighted by atomic mass is 15.2. The van der Waals surface area contributed by atoms with Crippen LogP contribution in [0.4, 0.5) is 5.69 Å². The molecule has 0 radical (unpaired) electrons. The third kappa shape index (κ3) is 2.90. The minimum absolute atomic E-state index is 0.0858. The van der Waals surface area contributed by atoms with Crippen molar-refractivity contribution in [3.63, 3.8) is 0 Å². The second-order valence-corrected chi connectivity index (χ2v) is 4.76. The van der Waals surface area contributed by atoms with E-state index >= 15 is 0 Å². The molecule has 2 aromatic rings. The van der Waals surface area contributed by atoms with Crippen LogP contribution in [0.3, 0.4) is 0 Å². The van der Waals surface area contributed by atoms with Gasteiger partial charge in [0.05, 0.1) is 6.20 Å². The van der Waals surface area contributed by atoms with Crippen molar-refractivity contribution in [2.24, 2.45) is 12.8 Å². The number of hydrogen-bond donors (Lipinski definition) is 1. The monoisotopic (exact) mass is 244 g/mol. The standard InChI is InChI=1S/C14H20N4/c1-11(15)13-4-6-14(7-5-13)17(2)9-12-8-16-18(3)10-12/h4-8,10-11H,9,15H2,1-3H3/t11-/m1/s1. The summed E-state index contributed by atoms with van der Waals surface area (Å²) in [6, 6.07) is 8.46. The number of benzene rings is 1. The van der Waals surface area contributed by atoms with E-state index in [9.17, 15) is 0 Å². The van der Waals surface area contributed by atoms with Gasteiger partial charge >= 0.3 is 0 Å². The van der Waals surface area contributed by atoms with Gasteiger partial charge in [0.1, 0.15) is 0 Å². The molecule has 2 rings (SSSR count). The predicted molar refractivity (Wildman–Crippen MR) is 74.4 cm³/mol. The van der Waals surface area contributed by atoms with Crippen LogP contribution in [0, 0.1) is 0 Å². The first-order valence-corrected chi connectivity index (χ1v) is 6.10. The fourth-order valence-electron chi connectivity index (χ4n) is 1.95. The van der Waals surface area contributed by atoms with Gasteiger partial charge in [0.25, 0.3) is 0 Å². The van der Waals surface area contributed by atoms with E-state index in [2.05, 4.69) is 41.3 Å². The van der Waals surface area contributed by atoms with E-state index in [0.29, 0.717) is 0 Å². The van der Waals surface area contributed by atoms with Gasteiger partial charge in [-0.3, -0.25) is 4.68 Å². The summed E-state index contributed by atoms with van der Waals surface area (Å²) in [5.41, 5.74) is 9.39. The van der Waals surface area contributed by atoms with Crippen LogP contribution in [-0.4, -0.2) is 16.8 Å². The van der Waals surface area contributed by atoms with E-state index in [0.717, 1.165) is 12.1 Å². The number of nitrogens with zero attached hydrogens (tertiary/aromatic N) is 3. The lowest BCUT2D eigenvalue weighted by molar-refractivity contribution is 0.766. The second-order valence-electron chi connectivity index (χ2n) is 4.76. The van der Waals surface area contributed by atoms with Gasteiger partial charge in [0.15, 0.2) is 0 Å². The summed E-state index contributed by atoms with van der Waals surface area (Å²) in [6.07, 6.45) is 3.93. The Labute approximate surface area is 108 Å². The Kier molecular flexibility index (Phi) is 3.67. The van der Waals surface area contributed by atoms with Crippen molar-refractivity contribution in [1.82, 2.24) is 9.78 Å². The van der Waals surface area contributed by atoms with Crippen LogP contribution < -0.4 is 10.6 Å². The quantitative estimate of drug-likeness (QED) is 0.895. The Morgan fingerprint density at radius 1 is 1.33 bits per heavy atom. The van der Waals surface area contributed by atoms with Crippen molar-refractivity contribution in [2.45, 2.75) is 19.5 Å². The Morgan fingerprint density at radius 3 is 2.50 bits per heavy atom. The maximum absolute atomic E-state index is 5.84. The molecular formula is C14H20N4. The molecule has 0 unspecified atom stereocenters. The summed E-state index contributed by atoms with van der Waals surface area (Å²) < 4.78 is 1.82. The predicted octanol–water partition coefficient (Wildman–Crippen LogP) is 2.08. The third-order valence-electron chi connectivity index (χ3n) is 3.04. The topological polar surface area (TPSA) is 47.1 Å². The number of rotatable bonds is 4. The summed E-state index contributed by atoms with van der Waals surface area (Å²) >= 11 is 0. The lowest BCUT2D eigenvalue weighted by atomic mass is 10.1. The van der Waals surface area contributed by atoms with Gasteiger partial charge in [0.2, 0.25) is 0 Å². The molecule has 0 aliphatic heterocycles. The molecule has 1 aromatic carbocycles. The highest BCUT2D eigenvalue weighted by Gasteiger charge is 2.05. The summed E-state index contributed by atoms with van der Waals surface area (Å²) in [4.78, 5) is 2.20. The highest BCUT2D eigenvalue weighted by Crippen LogP contribution is 2.18. The molecule has 96 valence electrons. The van der Waals surface area contributed by atoms with Gasteiger partial charge in [0, 0.05) is 44.1 Å². The third-order valence-corrected chi connectivity index (χ3v) is 3.04. The SMILES string of the molecule is C[C@@H](N)c1ccc(N(C)Cc2cnn(C)c2)cc1. The molecule has 0 fully saturated rings. The normalized spacial score (nSPS) is 12.4. The molecule has 4 heteroatoms. The van der Waals surface area contributed by atoms with E-state index in [1.54, 1.807) is 0 Å². The van der Waals surface area contributed by atoms with Crippen LogP contribution >= 0.6 is 0 Å². The van der Waals surface area contributed by atoms with Crippen molar-refractivity contribution in [1.29, 1.82) is 0 Å². The first-order chi connectivity index (χ1) is 8.56. The summed E-state index contributed by atoms with van der Waals surface area (Å²) in [5.74, 6) is 0. The Balaban J connectivity index is 2.06. The highest BCUT2D eigenvalue weighted by molar-refractivity contribution is 5.47. The van der Waals surface area contributed by atoms with Gasteiger partial charge in [-0.05, 0) is 24.6 Å². The molecular weight excluding hydrogens is 224 g/mol. The Morgan fingerprint density at radius 2 is 2.00 bits per heavy atom. The van der Waals surface area contributed by atoms with Crippen molar-refractivity contribution in [2.75, 3.05) is 11.9 Å². The van der Waals surface area contributed by atoms with Crippen LogP contribution in [-0.2, 0) is 13.6 Å². The summed E-state index contributed by atoms with van der Waals surface area (Å²) in [7, 11) is 4.01. The van der Waals surface area contributed by atoms with E-state index in [-0.39, 0.29) is 6.04 Å². The zero-order valence-corrected chi connectivity index (χ0v) is 11.2. The van der Waals surface area contributed by atoms with Crippen LogP contribution in [0.25, 0.3) is 0 Å². The maximum Gasteiger partial charge on any atom is 0.0539 e. The van der Waals surface area contributed by atoms with Crippen molar-refractivity contribution in [3.05, 3.63) is 47.8 Å². The first-order valence-electron chi connectivity index (χ1n) is 6.10. The largest absolute Gasteiger partial charge is 0.370 e. The molecule has 1 aromatic heterocycles. The molecule has 0 aliphatic carbocycles. The van der Waals surface area contributed by atoms with Crippen LogP contribution in [0.5, 0.6) is 0 Å². The molecule has 0 aliphatic rings. The molecule has 4 nitrogen and oxygen atoms in total. The summed E-state index contributed by atoms with van der Waals surface area (Å²) in [5, 5.41) is 4.17. The van der Waals surface area contributed by atoms with Crippen LogP contribution in [0.1, 0.15) is 24.1 Å². The lowest BCUT2D eigenvalue weighted by Crippen LogP contribution is -2.16. The number of nitrogens with two attached hydrogens (primary N) is 1. The van der Waals surface area contributed by atoms with E-state index in [1.165, 1.54) is 11.3 Å². The number of aromatic nitrogens is 2. The molecule has 0 saturated carbocycles. The van der Waals surface area contributed by atoms with Gasteiger partial charge < -0.3 is 10.6 Å². The molecule has 1 atom stereocenters. The zero-order valence-electron chi connectivity index (χ0n) is 11.2. The molecule has 0 saturated heterocycles. The molecule has 0 bridgehead atoms. The number of aryl methyl sites for hydroxylation is 1. The van der Waals surface area contributed by atoms with Crippen molar-refractivity contribution >= 4 is 5.69 Å². The minimum Gasteiger partial charge on any atom is -0.370 e. The van der Waals surface area contributed by atoms with Crippen molar-refractivity contribution < 1.29 is 0 Å². The second kappa shape index (κ2) is 5.23. The number of anilines is 1. The molecule has 0 amide bonds. The minimum atomic E-state index is 0.0858. The van der Waals surface area contributed by atoms with Crippen LogP contribution in [0.2, 0.25) is 0 Å². The van der Waals surface area contributed by atoms with Crippen LogP contribution in [0.15, 0.2) is 36.7 Å². The fraction of sp³-hybridized carbons (Fsp3) is 0.357. The van der Waals surface area contributed by atoms with Gasteiger partial charge in [-0.1, -0.05) is 12.1 Å². The molecule has 0 spiro atoms. The molecule has 2 N–H and O–H groups in total. The lowest BCUT2D eigenvalue weighted by Gasteiger charge is -2.19. The Bertz CT molecular complexity index is 499. The summed E-state index contributed by atoms with van der Waals surface area (Å²) in [6.45, 7) is 2.85. The number of hydrogen-bond acceptors (Lipinski definition) is 3.